The van der Waals surface area contributed by atoms with Crippen LogP contribution in [0, 0.1) is 11.2 Å². The molecular weight excluding hydrogens is 312 g/mol. The highest BCUT2D eigenvalue weighted by Crippen LogP contribution is 2.33. The van der Waals surface area contributed by atoms with Crippen LogP contribution in [0.3, 0.4) is 0 Å². The Bertz CT molecular complexity index is 554. The van der Waals surface area contributed by atoms with Gasteiger partial charge in [-0.25, -0.2) is 9.40 Å². The molecular formula is C16H20F4N2O. The normalized spacial score (nSPS) is 19.7. The van der Waals surface area contributed by atoms with Crippen LogP contribution in [0.2, 0.25) is 0 Å². The molecule has 0 aromatic heterocycles. The zero-order chi connectivity index (χ0) is 17.3. The minimum atomic E-state index is -4.42. The number of benzene rings is 1. The van der Waals surface area contributed by atoms with Crippen molar-refractivity contribution in [1.82, 2.24) is 10.4 Å². The molecule has 1 heterocycles. The molecule has 23 heavy (non-hydrogen) atoms. The first kappa shape index (κ1) is 17.7. The number of nitrogens with one attached hydrogen (secondary N) is 1. The largest absolute Gasteiger partial charge is 0.405 e. The van der Waals surface area contributed by atoms with Gasteiger partial charge in [0.1, 0.15) is 11.9 Å². The van der Waals surface area contributed by atoms with Gasteiger partial charge in [-0.2, -0.15) is 13.2 Å². The van der Waals surface area contributed by atoms with Crippen molar-refractivity contribution < 1.29 is 22.4 Å². The number of rotatable bonds is 5. The molecule has 1 aromatic rings. The number of aryl methyl sites for hydroxylation is 1. The number of carbonyl (C=O) groups excluding carboxylic acids is 1. The second kappa shape index (κ2) is 6.47. The van der Waals surface area contributed by atoms with Gasteiger partial charge in [0.2, 0.25) is 5.91 Å². The fraction of sp³-hybridized carbons (Fsp3) is 0.562. The highest BCUT2D eigenvalue weighted by Gasteiger charge is 2.49. The summed E-state index contributed by atoms with van der Waals surface area (Å²) in [5, 5.41) is 0.993. The highest BCUT2D eigenvalue weighted by molar-refractivity contribution is 5.83. The molecule has 1 N–H and O–H groups in total. The third-order valence-corrected chi connectivity index (χ3v) is 4.04. The third-order valence-electron chi connectivity index (χ3n) is 4.04. The molecule has 1 fully saturated rings. The summed E-state index contributed by atoms with van der Waals surface area (Å²) in [5.41, 5.74) is 2.29. The lowest BCUT2D eigenvalue weighted by Crippen LogP contribution is -2.50. The first-order valence-electron chi connectivity index (χ1n) is 7.48. The molecule has 1 amide bonds. The number of carbonyl (C=O) groups is 1. The number of hydrogen-bond acceptors (Lipinski definition) is 2. The standard InChI is InChI=1S/C16H20F4N2O/c1-15(2)10-22(21-14(15)23)13(16(18,19)20)5-3-4-11-6-8-12(17)9-7-11/h6-9,13H,3-5,10H2,1-2H3,(H,21,23). The number of nitrogens with zero attached hydrogens (tertiary/aromatic N) is 1. The molecule has 0 bridgehead atoms. The van der Waals surface area contributed by atoms with E-state index in [1.54, 1.807) is 26.0 Å². The summed E-state index contributed by atoms with van der Waals surface area (Å²) in [6.45, 7) is 3.26. The molecule has 128 valence electrons. The van der Waals surface area contributed by atoms with Crippen LogP contribution in [-0.4, -0.2) is 29.7 Å². The minimum absolute atomic E-state index is 0.0204. The monoisotopic (exact) mass is 332 g/mol. The average Bonchev–Trinajstić information content (AvgIpc) is 2.69. The second-order valence-electron chi connectivity index (χ2n) is 6.53. The number of halogens is 4. The van der Waals surface area contributed by atoms with E-state index >= 15 is 0 Å². The Labute approximate surface area is 132 Å². The van der Waals surface area contributed by atoms with E-state index in [2.05, 4.69) is 5.43 Å². The van der Waals surface area contributed by atoms with Gasteiger partial charge in [0.05, 0.1) is 5.41 Å². The van der Waals surface area contributed by atoms with Crippen LogP contribution in [0.5, 0.6) is 0 Å². The molecule has 1 aliphatic rings. The van der Waals surface area contributed by atoms with Crippen molar-refractivity contribution in [2.24, 2.45) is 5.41 Å². The van der Waals surface area contributed by atoms with E-state index in [4.69, 9.17) is 0 Å². The maximum Gasteiger partial charge on any atom is 0.405 e. The number of hydrazine groups is 1. The summed E-state index contributed by atoms with van der Waals surface area (Å²) in [5.74, 6) is -0.769. The maximum absolute atomic E-state index is 13.3. The number of alkyl halides is 3. The van der Waals surface area contributed by atoms with Crippen LogP contribution in [0.25, 0.3) is 0 Å². The summed E-state index contributed by atoms with van der Waals surface area (Å²) >= 11 is 0. The Morgan fingerprint density at radius 3 is 2.35 bits per heavy atom. The lowest BCUT2D eigenvalue weighted by molar-refractivity contribution is -0.190. The SMILES string of the molecule is CC1(C)CN(C(CCCc2ccc(F)cc2)C(F)(F)F)NC1=O. The lowest BCUT2D eigenvalue weighted by Gasteiger charge is -2.29. The van der Waals surface area contributed by atoms with E-state index < -0.39 is 23.5 Å². The quantitative estimate of drug-likeness (QED) is 0.838. The molecule has 0 radical (unpaired) electrons. The van der Waals surface area contributed by atoms with Gasteiger partial charge in [0.25, 0.3) is 0 Å². The summed E-state index contributed by atoms with van der Waals surface area (Å²) in [4.78, 5) is 11.7. The maximum atomic E-state index is 13.3. The molecule has 3 nitrogen and oxygen atoms in total. The molecule has 0 aliphatic carbocycles. The molecule has 2 rings (SSSR count). The van der Waals surface area contributed by atoms with Crippen LogP contribution >= 0.6 is 0 Å². The fourth-order valence-corrected chi connectivity index (χ4v) is 2.65. The summed E-state index contributed by atoms with van der Waals surface area (Å²) in [6.07, 6.45) is -3.83. The van der Waals surface area contributed by atoms with Crippen molar-refractivity contribution in [1.29, 1.82) is 0 Å². The zero-order valence-corrected chi connectivity index (χ0v) is 13.1. The predicted octanol–water partition coefficient (Wildman–Crippen LogP) is 3.45. The topological polar surface area (TPSA) is 32.3 Å². The highest BCUT2D eigenvalue weighted by atomic mass is 19.4. The van der Waals surface area contributed by atoms with E-state index in [0.717, 1.165) is 10.6 Å². The summed E-state index contributed by atoms with van der Waals surface area (Å²) in [6, 6.07) is 4.00. The Morgan fingerprint density at radius 2 is 1.87 bits per heavy atom. The van der Waals surface area contributed by atoms with Gasteiger partial charge in [0, 0.05) is 6.54 Å². The predicted molar refractivity (Wildman–Crippen MR) is 77.8 cm³/mol. The van der Waals surface area contributed by atoms with E-state index in [0.29, 0.717) is 12.8 Å². The molecule has 1 aromatic carbocycles. The Balaban J connectivity index is 1.97. The minimum Gasteiger partial charge on any atom is -0.288 e. The van der Waals surface area contributed by atoms with Crippen molar-refractivity contribution in [2.75, 3.05) is 6.54 Å². The van der Waals surface area contributed by atoms with Gasteiger partial charge in [-0.05, 0) is 50.8 Å². The summed E-state index contributed by atoms with van der Waals surface area (Å²) < 4.78 is 52.7. The Kier molecular flexibility index (Phi) is 4.98. The molecule has 1 atom stereocenters. The van der Waals surface area contributed by atoms with Crippen LogP contribution < -0.4 is 5.43 Å². The van der Waals surface area contributed by atoms with Crippen molar-refractivity contribution in [3.05, 3.63) is 35.6 Å². The van der Waals surface area contributed by atoms with Crippen molar-refractivity contribution in [2.45, 2.75) is 45.3 Å². The zero-order valence-electron chi connectivity index (χ0n) is 13.1. The van der Waals surface area contributed by atoms with Gasteiger partial charge in [-0.15, -0.1) is 0 Å². The molecule has 1 aliphatic heterocycles. The van der Waals surface area contributed by atoms with Gasteiger partial charge < -0.3 is 0 Å². The first-order chi connectivity index (χ1) is 10.6. The van der Waals surface area contributed by atoms with Crippen LogP contribution in [-0.2, 0) is 11.2 Å². The van der Waals surface area contributed by atoms with Crippen molar-refractivity contribution in [3.8, 4) is 0 Å². The van der Waals surface area contributed by atoms with E-state index in [1.165, 1.54) is 12.1 Å². The Morgan fingerprint density at radius 1 is 1.26 bits per heavy atom. The molecule has 0 spiro atoms. The van der Waals surface area contributed by atoms with Gasteiger partial charge in [-0.1, -0.05) is 12.1 Å². The molecule has 1 saturated heterocycles. The van der Waals surface area contributed by atoms with Crippen molar-refractivity contribution in [3.63, 3.8) is 0 Å². The number of hydrogen-bond donors (Lipinski definition) is 1. The van der Waals surface area contributed by atoms with E-state index in [9.17, 15) is 22.4 Å². The average molecular weight is 332 g/mol. The van der Waals surface area contributed by atoms with E-state index in [1.807, 2.05) is 0 Å². The molecule has 7 heteroatoms. The van der Waals surface area contributed by atoms with Crippen LogP contribution in [0.15, 0.2) is 24.3 Å². The number of amides is 1. The fourth-order valence-electron chi connectivity index (χ4n) is 2.65. The van der Waals surface area contributed by atoms with Crippen molar-refractivity contribution >= 4 is 5.91 Å². The Hall–Kier alpha value is -1.63. The van der Waals surface area contributed by atoms with Gasteiger partial charge in [-0.3, -0.25) is 10.2 Å². The molecule has 0 saturated carbocycles. The van der Waals surface area contributed by atoms with Gasteiger partial charge in [0.15, 0.2) is 0 Å². The van der Waals surface area contributed by atoms with Gasteiger partial charge >= 0.3 is 6.18 Å². The summed E-state index contributed by atoms with van der Waals surface area (Å²) in [7, 11) is 0. The van der Waals surface area contributed by atoms with Crippen LogP contribution in [0.4, 0.5) is 17.6 Å². The molecule has 1 unspecified atom stereocenters. The second-order valence-corrected chi connectivity index (χ2v) is 6.53. The van der Waals surface area contributed by atoms with Crippen LogP contribution in [0.1, 0.15) is 32.3 Å². The first-order valence-corrected chi connectivity index (χ1v) is 7.48. The lowest BCUT2D eigenvalue weighted by atomic mass is 9.94. The smallest absolute Gasteiger partial charge is 0.288 e. The third kappa shape index (κ3) is 4.43. The van der Waals surface area contributed by atoms with E-state index in [-0.39, 0.29) is 18.8 Å².